The number of nitro benzene ring substituents is 1. The highest BCUT2D eigenvalue weighted by atomic mass is 16.6. The van der Waals surface area contributed by atoms with E-state index in [4.69, 9.17) is 4.74 Å². The Kier molecular flexibility index (Phi) is 3.61. The Hall–Kier alpha value is -1.82. The topological polar surface area (TPSA) is 75.8 Å². The first-order valence-corrected chi connectivity index (χ1v) is 6.23. The van der Waals surface area contributed by atoms with Crippen molar-refractivity contribution >= 4 is 11.4 Å². The predicted octanol–water partition coefficient (Wildman–Crippen LogP) is 1.95. The molecule has 0 radical (unpaired) electrons. The average molecular weight is 266 g/mol. The third kappa shape index (κ3) is 2.96. The van der Waals surface area contributed by atoms with Crippen molar-refractivity contribution in [2.24, 2.45) is 0 Å². The van der Waals surface area contributed by atoms with Gasteiger partial charge in [-0.15, -0.1) is 0 Å². The summed E-state index contributed by atoms with van der Waals surface area (Å²) in [6.45, 7) is 3.29. The lowest BCUT2D eigenvalue weighted by atomic mass is 9.93. The highest BCUT2D eigenvalue weighted by Gasteiger charge is 2.28. The van der Waals surface area contributed by atoms with Gasteiger partial charge in [-0.3, -0.25) is 10.1 Å². The maximum atomic E-state index is 10.8. The molecule has 0 saturated carbocycles. The molecule has 0 spiro atoms. The van der Waals surface area contributed by atoms with Crippen molar-refractivity contribution in [1.82, 2.24) is 0 Å². The Morgan fingerprint density at radius 3 is 2.58 bits per heavy atom. The molecule has 1 fully saturated rings. The van der Waals surface area contributed by atoms with Gasteiger partial charge in [-0.05, 0) is 25.8 Å². The first kappa shape index (κ1) is 13.6. The van der Waals surface area contributed by atoms with E-state index < -0.39 is 10.5 Å². The number of benzene rings is 1. The Balaban J connectivity index is 2.20. The van der Waals surface area contributed by atoms with Gasteiger partial charge >= 0.3 is 5.69 Å². The molecule has 1 aromatic carbocycles. The first-order chi connectivity index (χ1) is 8.93. The summed E-state index contributed by atoms with van der Waals surface area (Å²) in [5, 5.41) is 20.7. The maximum absolute atomic E-state index is 10.8. The fourth-order valence-corrected chi connectivity index (χ4v) is 2.26. The highest BCUT2D eigenvalue weighted by Crippen LogP contribution is 2.33. The van der Waals surface area contributed by atoms with Crippen LogP contribution in [-0.4, -0.2) is 35.8 Å². The summed E-state index contributed by atoms with van der Waals surface area (Å²) in [5.41, 5.74) is 0.245. The molecule has 1 heterocycles. The van der Waals surface area contributed by atoms with Crippen LogP contribution < -0.4 is 9.64 Å². The van der Waals surface area contributed by atoms with Crippen LogP contribution in [0.25, 0.3) is 0 Å². The second kappa shape index (κ2) is 5.05. The van der Waals surface area contributed by atoms with E-state index >= 15 is 0 Å². The van der Waals surface area contributed by atoms with E-state index in [0.29, 0.717) is 12.8 Å². The zero-order chi connectivity index (χ0) is 14.0. The Bertz CT molecular complexity index is 478. The molecular formula is C13H18N2O4. The van der Waals surface area contributed by atoms with Crippen LogP contribution in [0.4, 0.5) is 11.4 Å². The minimum Gasteiger partial charge on any atom is -0.490 e. The molecule has 0 bridgehead atoms. The quantitative estimate of drug-likeness (QED) is 0.668. The van der Waals surface area contributed by atoms with E-state index in [1.807, 2.05) is 6.92 Å². The zero-order valence-corrected chi connectivity index (χ0v) is 11.1. The third-order valence-corrected chi connectivity index (χ3v) is 3.57. The molecule has 2 rings (SSSR count). The molecule has 0 unspecified atom stereocenters. The summed E-state index contributed by atoms with van der Waals surface area (Å²) in [6.07, 6.45) is 1.37. The number of anilines is 1. The van der Waals surface area contributed by atoms with E-state index in [0.717, 1.165) is 18.8 Å². The van der Waals surface area contributed by atoms with Gasteiger partial charge in [0.15, 0.2) is 5.75 Å². The minimum atomic E-state index is -0.610. The van der Waals surface area contributed by atoms with Crippen LogP contribution in [0, 0.1) is 10.1 Å². The number of nitrogens with zero attached hydrogens (tertiary/aromatic N) is 2. The monoisotopic (exact) mass is 266 g/mol. The molecule has 1 aliphatic rings. The number of methoxy groups -OCH3 is 1. The van der Waals surface area contributed by atoms with Gasteiger partial charge in [0, 0.05) is 30.9 Å². The normalized spacial score (nSPS) is 18.2. The van der Waals surface area contributed by atoms with Crippen LogP contribution >= 0.6 is 0 Å². The largest absolute Gasteiger partial charge is 0.490 e. The van der Waals surface area contributed by atoms with Gasteiger partial charge in [-0.25, -0.2) is 0 Å². The molecule has 6 nitrogen and oxygen atoms in total. The number of rotatable bonds is 3. The number of piperidine rings is 1. The van der Waals surface area contributed by atoms with Gasteiger partial charge in [0.1, 0.15) is 0 Å². The summed E-state index contributed by atoms with van der Waals surface area (Å²) in [6, 6.07) is 4.86. The fourth-order valence-electron chi connectivity index (χ4n) is 2.26. The zero-order valence-electron chi connectivity index (χ0n) is 11.1. The third-order valence-electron chi connectivity index (χ3n) is 3.57. The lowest BCUT2D eigenvalue weighted by Gasteiger charge is -2.37. The molecule has 0 atom stereocenters. The Labute approximate surface area is 111 Å². The number of ether oxygens (including phenoxy) is 1. The van der Waals surface area contributed by atoms with Crippen molar-refractivity contribution in [2.75, 3.05) is 25.1 Å². The second-order valence-electron chi connectivity index (χ2n) is 5.10. The van der Waals surface area contributed by atoms with Gasteiger partial charge in [0.2, 0.25) is 0 Å². The minimum absolute atomic E-state index is 0.0322. The molecular weight excluding hydrogens is 248 g/mol. The number of nitro groups is 1. The van der Waals surface area contributed by atoms with E-state index in [-0.39, 0.29) is 11.4 Å². The van der Waals surface area contributed by atoms with Crippen molar-refractivity contribution in [3.8, 4) is 5.75 Å². The lowest BCUT2D eigenvalue weighted by molar-refractivity contribution is -0.385. The van der Waals surface area contributed by atoms with Crippen LogP contribution in [0.5, 0.6) is 5.75 Å². The van der Waals surface area contributed by atoms with Gasteiger partial charge in [-0.2, -0.15) is 0 Å². The molecule has 0 aromatic heterocycles. The molecule has 1 saturated heterocycles. The fraction of sp³-hybridized carbons (Fsp3) is 0.538. The molecule has 1 aromatic rings. The Morgan fingerprint density at radius 2 is 2.05 bits per heavy atom. The molecule has 104 valence electrons. The first-order valence-electron chi connectivity index (χ1n) is 6.23. The van der Waals surface area contributed by atoms with Gasteiger partial charge in [0.05, 0.1) is 17.6 Å². The van der Waals surface area contributed by atoms with Crippen LogP contribution in [0.1, 0.15) is 19.8 Å². The summed E-state index contributed by atoms with van der Waals surface area (Å²) < 4.78 is 5.06. The van der Waals surface area contributed by atoms with Crippen molar-refractivity contribution in [2.45, 2.75) is 25.4 Å². The number of hydrogen-bond acceptors (Lipinski definition) is 5. The van der Waals surface area contributed by atoms with E-state index in [9.17, 15) is 15.2 Å². The molecule has 19 heavy (non-hydrogen) atoms. The predicted molar refractivity (Wildman–Crippen MR) is 71.7 cm³/mol. The maximum Gasteiger partial charge on any atom is 0.311 e. The molecule has 1 aliphatic heterocycles. The number of hydrogen-bond donors (Lipinski definition) is 1. The van der Waals surface area contributed by atoms with Crippen molar-refractivity contribution in [3.63, 3.8) is 0 Å². The van der Waals surface area contributed by atoms with Crippen LogP contribution in [0.3, 0.4) is 0 Å². The summed E-state index contributed by atoms with van der Waals surface area (Å²) in [4.78, 5) is 12.5. The van der Waals surface area contributed by atoms with Gasteiger partial charge in [0.25, 0.3) is 0 Å². The van der Waals surface area contributed by atoms with Crippen LogP contribution in [-0.2, 0) is 0 Å². The SMILES string of the molecule is COc1cc(N2CCC(C)(O)CC2)ccc1[N+](=O)[O-]. The number of aliphatic hydroxyl groups is 1. The average Bonchev–Trinajstić information content (AvgIpc) is 2.37. The lowest BCUT2D eigenvalue weighted by Crippen LogP contribution is -2.42. The molecule has 0 amide bonds. The van der Waals surface area contributed by atoms with Crippen molar-refractivity contribution < 1.29 is 14.8 Å². The smallest absolute Gasteiger partial charge is 0.311 e. The second-order valence-corrected chi connectivity index (χ2v) is 5.10. The highest BCUT2D eigenvalue weighted by molar-refractivity contribution is 5.59. The molecule has 1 N–H and O–H groups in total. The summed E-state index contributed by atoms with van der Waals surface area (Å²) >= 11 is 0. The standard InChI is InChI=1S/C13H18N2O4/c1-13(16)5-7-14(8-6-13)10-3-4-11(15(17)18)12(9-10)19-2/h3-4,9,16H,5-8H2,1-2H3. The summed E-state index contributed by atoms with van der Waals surface area (Å²) in [7, 11) is 1.42. The van der Waals surface area contributed by atoms with Crippen LogP contribution in [0.2, 0.25) is 0 Å². The van der Waals surface area contributed by atoms with E-state index in [2.05, 4.69) is 4.90 Å². The van der Waals surface area contributed by atoms with Crippen molar-refractivity contribution in [1.29, 1.82) is 0 Å². The van der Waals surface area contributed by atoms with E-state index in [1.54, 1.807) is 12.1 Å². The van der Waals surface area contributed by atoms with Gasteiger partial charge < -0.3 is 14.7 Å². The Morgan fingerprint density at radius 1 is 1.42 bits per heavy atom. The molecule has 0 aliphatic carbocycles. The van der Waals surface area contributed by atoms with Crippen LogP contribution in [0.15, 0.2) is 18.2 Å². The van der Waals surface area contributed by atoms with Gasteiger partial charge in [-0.1, -0.05) is 0 Å². The van der Waals surface area contributed by atoms with Crippen molar-refractivity contribution in [3.05, 3.63) is 28.3 Å². The molecule has 6 heteroatoms. The van der Waals surface area contributed by atoms with E-state index in [1.165, 1.54) is 13.2 Å². The summed E-state index contributed by atoms with van der Waals surface area (Å²) in [5.74, 6) is 0.264.